The van der Waals surface area contributed by atoms with Gasteiger partial charge in [-0.3, -0.25) is 10.8 Å². The summed E-state index contributed by atoms with van der Waals surface area (Å²) in [5.41, 5.74) is 0. The van der Waals surface area contributed by atoms with Crippen molar-refractivity contribution in [2.24, 2.45) is 0 Å². The molecule has 4 heteroatoms. The summed E-state index contributed by atoms with van der Waals surface area (Å²) in [6, 6.07) is 0. The molecular formula is C6H13N3S. The molecule has 0 radical (unpaired) electrons. The molecule has 0 saturated carbocycles. The van der Waals surface area contributed by atoms with E-state index in [0.717, 1.165) is 0 Å². The largest absolute Gasteiger partial charge is 0.303 e. The first-order chi connectivity index (χ1) is 4.52. The Kier molecular flexibility index (Phi) is 4.31. The Morgan fingerprint density at radius 1 is 1.40 bits per heavy atom. The molecule has 0 amide bonds. The normalized spacial score (nSPS) is 10.0. The Balaban J connectivity index is 3.54. The average molecular weight is 159 g/mol. The maximum atomic E-state index is 7.33. The van der Waals surface area contributed by atoms with Gasteiger partial charge in [0.1, 0.15) is 0 Å². The second-order valence-corrected chi connectivity index (χ2v) is 3.63. The molecule has 2 N–H and O–H groups in total. The molecule has 58 valence electrons. The van der Waals surface area contributed by atoms with Crippen molar-refractivity contribution in [1.29, 1.82) is 10.8 Å². The van der Waals surface area contributed by atoms with E-state index in [0.29, 0.717) is 16.6 Å². The van der Waals surface area contributed by atoms with Crippen LogP contribution < -0.4 is 0 Å². The van der Waals surface area contributed by atoms with Crippen LogP contribution in [0.3, 0.4) is 0 Å². The van der Waals surface area contributed by atoms with E-state index in [9.17, 15) is 0 Å². The molecule has 0 aliphatic rings. The second kappa shape index (κ2) is 4.46. The van der Waals surface area contributed by atoms with Crippen LogP contribution in [0.5, 0.6) is 0 Å². The standard InChI is InChI=1S/C6H13N3S/c1-5(7)10-6(8)4-9(2)3/h7-8H,4H2,1-3H3. The fourth-order valence-corrected chi connectivity index (χ4v) is 1.20. The Morgan fingerprint density at radius 3 is 2.20 bits per heavy atom. The van der Waals surface area contributed by atoms with Crippen LogP contribution in [0.4, 0.5) is 0 Å². The molecular weight excluding hydrogens is 146 g/mol. The molecule has 0 aromatic rings. The van der Waals surface area contributed by atoms with Crippen LogP contribution in [0, 0.1) is 10.8 Å². The van der Waals surface area contributed by atoms with Crippen molar-refractivity contribution in [3.8, 4) is 0 Å². The van der Waals surface area contributed by atoms with Gasteiger partial charge >= 0.3 is 0 Å². The van der Waals surface area contributed by atoms with E-state index in [2.05, 4.69) is 0 Å². The maximum absolute atomic E-state index is 7.33. The van der Waals surface area contributed by atoms with Gasteiger partial charge in [-0.1, -0.05) is 11.8 Å². The number of hydrogen-bond acceptors (Lipinski definition) is 4. The Hall–Kier alpha value is -0.350. The van der Waals surface area contributed by atoms with Crippen molar-refractivity contribution in [3.05, 3.63) is 0 Å². The van der Waals surface area contributed by atoms with Gasteiger partial charge in [0.25, 0.3) is 0 Å². The van der Waals surface area contributed by atoms with Gasteiger partial charge in [-0.05, 0) is 21.0 Å². The number of nitrogens with one attached hydrogen (secondary N) is 2. The van der Waals surface area contributed by atoms with Gasteiger partial charge < -0.3 is 4.90 Å². The predicted octanol–water partition coefficient (Wildman–Crippen LogP) is 1.26. The van der Waals surface area contributed by atoms with E-state index in [4.69, 9.17) is 10.8 Å². The maximum Gasteiger partial charge on any atom is 0.0840 e. The predicted molar refractivity (Wildman–Crippen MR) is 47.3 cm³/mol. The molecule has 10 heavy (non-hydrogen) atoms. The van der Waals surface area contributed by atoms with Crippen LogP contribution in [0.25, 0.3) is 0 Å². The molecule has 0 aromatic carbocycles. The zero-order valence-electron chi connectivity index (χ0n) is 6.56. The molecule has 0 saturated heterocycles. The Morgan fingerprint density at radius 2 is 1.90 bits per heavy atom. The minimum absolute atomic E-state index is 0.479. The highest BCUT2D eigenvalue weighted by Gasteiger charge is 1.99. The van der Waals surface area contributed by atoms with Crippen molar-refractivity contribution in [3.63, 3.8) is 0 Å². The quantitative estimate of drug-likeness (QED) is 0.470. The van der Waals surface area contributed by atoms with Gasteiger partial charge in [0.15, 0.2) is 0 Å². The van der Waals surface area contributed by atoms with Crippen molar-refractivity contribution in [1.82, 2.24) is 4.90 Å². The summed E-state index contributed by atoms with van der Waals surface area (Å²) in [4.78, 5) is 1.91. The molecule has 0 atom stereocenters. The van der Waals surface area contributed by atoms with Crippen LogP contribution in [-0.2, 0) is 0 Å². The first kappa shape index (κ1) is 9.65. The van der Waals surface area contributed by atoms with E-state index in [1.165, 1.54) is 11.8 Å². The summed E-state index contributed by atoms with van der Waals surface area (Å²) in [6.45, 7) is 2.32. The third kappa shape index (κ3) is 5.78. The smallest absolute Gasteiger partial charge is 0.0840 e. The molecule has 0 aliphatic carbocycles. The van der Waals surface area contributed by atoms with Gasteiger partial charge in [-0.2, -0.15) is 0 Å². The number of rotatable bonds is 2. The summed E-state index contributed by atoms with van der Waals surface area (Å²) in [5.74, 6) is 0. The SMILES string of the molecule is CC(=N)SC(=N)CN(C)C. The first-order valence-corrected chi connectivity index (χ1v) is 3.79. The van der Waals surface area contributed by atoms with Gasteiger partial charge in [0.2, 0.25) is 0 Å². The molecule has 3 nitrogen and oxygen atoms in total. The van der Waals surface area contributed by atoms with E-state index < -0.39 is 0 Å². The molecule has 0 bridgehead atoms. The lowest BCUT2D eigenvalue weighted by atomic mass is 10.6. The zero-order valence-corrected chi connectivity index (χ0v) is 7.38. The highest BCUT2D eigenvalue weighted by atomic mass is 32.2. The van der Waals surface area contributed by atoms with Gasteiger partial charge in [0, 0.05) is 6.54 Å². The summed E-state index contributed by atoms with van der Waals surface area (Å²) < 4.78 is 0. The lowest BCUT2D eigenvalue weighted by molar-refractivity contribution is 0.471. The molecule has 0 aromatic heterocycles. The number of thioether (sulfide) groups is 1. The lowest BCUT2D eigenvalue weighted by Gasteiger charge is -2.08. The van der Waals surface area contributed by atoms with E-state index in [1.807, 2.05) is 19.0 Å². The summed E-state index contributed by atoms with van der Waals surface area (Å²) >= 11 is 1.21. The number of nitrogens with zero attached hydrogens (tertiary/aromatic N) is 1. The first-order valence-electron chi connectivity index (χ1n) is 2.97. The van der Waals surface area contributed by atoms with Crippen molar-refractivity contribution in [2.75, 3.05) is 20.6 Å². The van der Waals surface area contributed by atoms with Crippen molar-refractivity contribution >= 4 is 21.8 Å². The van der Waals surface area contributed by atoms with E-state index in [1.54, 1.807) is 6.92 Å². The van der Waals surface area contributed by atoms with Crippen molar-refractivity contribution in [2.45, 2.75) is 6.92 Å². The minimum atomic E-state index is 0.479. The monoisotopic (exact) mass is 159 g/mol. The minimum Gasteiger partial charge on any atom is -0.303 e. The molecule has 0 heterocycles. The van der Waals surface area contributed by atoms with Gasteiger partial charge in [0.05, 0.1) is 10.1 Å². The fraction of sp³-hybridized carbons (Fsp3) is 0.667. The second-order valence-electron chi connectivity index (χ2n) is 2.32. The van der Waals surface area contributed by atoms with Crippen LogP contribution in [0.15, 0.2) is 0 Å². The highest BCUT2D eigenvalue weighted by molar-refractivity contribution is 8.26. The third-order valence-electron chi connectivity index (χ3n) is 0.736. The zero-order chi connectivity index (χ0) is 8.15. The topological polar surface area (TPSA) is 50.9 Å². The summed E-state index contributed by atoms with van der Waals surface area (Å²) in [7, 11) is 3.82. The van der Waals surface area contributed by atoms with Crippen LogP contribution >= 0.6 is 11.8 Å². The fourth-order valence-electron chi connectivity index (χ4n) is 0.504. The van der Waals surface area contributed by atoms with Crippen molar-refractivity contribution < 1.29 is 0 Å². The van der Waals surface area contributed by atoms with Crippen LogP contribution in [-0.4, -0.2) is 35.6 Å². The Labute approximate surface area is 65.8 Å². The van der Waals surface area contributed by atoms with Gasteiger partial charge in [-0.15, -0.1) is 0 Å². The summed E-state index contributed by atoms with van der Waals surface area (Å²) in [5, 5.41) is 15.4. The Bertz CT molecular complexity index is 142. The molecule has 0 aliphatic heterocycles. The molecule has 0 unspecified atom stereocenters. The molecule has 0 fully saturated rings. The van der Waals surface area contributed by atoms with E-state index in [-0.39, 0.29) is 0 Å². The van der Waals surface area contributed by atoms with Gasteiger partial charge in [-0.25, -0.2) is 0 Å². The van der Waals surface area contributed by atoms with Crippen LogP contribution in [0.1, 0.15) is 6.92 Å². The average Bonchev–Trinajstić information content (AvgIpc) is 1.58. The summed E-state index contributed by atoms with van der Waals surface area (Å²) in [6.07, 6.45) is 0. The highest BCUT2D eigenvalue weighted by Crippen LogP contribution is 2.03. The van der Waals surface area contributed by atoms with Crippen LogP contribution in [0.2, 0.25) is 0 Å². The number of hydrogen-bond donors (Lipinski definition) is 2. The third-order valence-corrected chi connectivity index (χ3v) is 1.42. The molecule has 0 spiro atoms. The molecule has 0 rings (SSSR count). The lowest BCUT2D eigenvalue weighted by Crippen LogP contribution is -2.19. The van der Waals surface area contributed by atoms with E-state index >= 15 is 0 Å².